The van der Waals surface area contributed by atoms with Gasteiger partial charge in [0.1, 0.15) is 0 Å². The van der Waals surface area contributed by atoms with Crippen molar-refractivity contribution in [2.45, 2.75) is 57.9 Å². The minimum atomic E-state index is -0.0560. The summed E-state index contributed by atoms with van der Waals surface area (Å²) in [7, 11) is 1.57. The minimum absolute atomic E-state index is 0.0560. The van der Waals surface area contributed by atoms with Crippen LogP contribution in [0.1, 0.15) is 66.7 Å². The Labute approximate surface area is 161 Å². The summed E-state index contributed by atoms with van der Waals surface area (Å²) < 4.78 is 5.05. The highest BCUT2D eigenvalue weighted by molar-refractivity contribution is 5.94. The molecule has 1 aliphatic carbocycles. The van der Waals surface area contributed by atoms with Crippen LogP contribution in [0.4, 0.5) is 0 Å². The van der Waals surface area contributed by atoms with Gasteiger partial charge in [0.05, 0.1) is 12.7 Å². The molecule has 144 valence electrons. The summed E-state index contributed by atoms with van der Waals surface area (Å²) in [4.78, 5) is 21.4. The number of methoxy groups -OCH3 is 1. The van der Waals surface area contributed by atoms with E-state index >= 15 is 0 Å². The molecule has 1 N–H and O–H groups in total. The molecule has 0 unspecified atom stereocenters. The van der Waals surface area contributed by atoms with Crippen LogP contribution in [-0.4, -0.2) is 29.0 Å². The number of carbonyl (C=O) groups excluding carboxylic acids is 1. The SMILES string of the molecule is CC[C@@H](NC(=O)c1ccc(OC)nc1)C1CCC(c2cccc(C)n2)CC1. The number of nitrogens with zero attached hydrogens (tertiary/aromatic N) is 2. The van der Waals surface area contributed by atoms with Crippen molar-refractivity contribution in [3.05, 3.63) is 53.5 Å². The highest BCUT2D eigenvalue weighted by atomic mass is 16.5. The number of hydrogen-bond acceptors (Lipinski definition) is 4. The van der Waals surface area contributed by atoms with Crippen LogP contribution in [-0.2, 0) is 0 Å². The molecule has 5 nitrogen and oxygen atoms in total. The van der Waals surface area contributed by atoms with E-state index in [2.05, 4.69) is 29.4 Å². The van der Waals surface area contributed by atoms with Crippen LogP contribution in [0.15, 0.2) is 36.5 Å². The van der Waals surface area contributed by atoms with Gasteiger partial charge >= 0.3 is 0 Å². The van der Waals surface area contributed by atoms with Gasteiger partial charge in [-0.1, -0.05) is 13.0 Å². The van der Waals surface area contributed by atoms with Gasteiger partial charge in [0.25, 0.3) is 5.91 Å². The van der Waals surface area contributed by atoms with Crippen LogP contribution >= 0.6 is 0 Å². The van der Waals surface area contributed by atoms with Gasteiger partial charge in [-0.05, 0) is 63.1 Å². The van der Waals surface area contributed by atoms with Crippen LogP contribution in [0.5, 0.6) is 5.88 Å². The molecule has 0 saturated heterocycles. The number of ether oxygens (including phenoxy) is 1. The van der Waals surface area contributed by atoms with Crippen LogP contribution in [0.3, 0.4) is 0 Å². The molecule has 3 rings (SSSR count). The lowest BCUT2D eigenvalue weighted by Gasteiger charge is -2.34. The number of nitrogens with one attached hydrogen (secondary N) is 1. The zero-order valence-corrected chi connectivity index (χ0v) is 16.4. The molecule has 2 heterocycles. The van der Waals surface area contributed by atoms with Crippen molar-refractivity contribution < 1.29 is 9.53 Å². The lowest BCUT2D eigenvalue weighted by atomic mass is 9.76. The number of aryl methyl sites for hydroxylation is 1. The number of pyridine rings is 2. The Balaban J connectivity index is 1.57. The molecular weight excluding hydrogens is 338 g/mol. The number of carbonyl (C=O) groups is 1. The Morgan fingerprint density at radius 1 is 1.22 bits per heavy atom. The van der Waals surface area contributed by atoms with Gasteiger partial charge in [0, 0.05) is 35.6 Å². The first-order valence-electron chi connectivity index (χ1n) is 9.85. The van der Waals surface area contributed by atoms with Crippen LogP contribution < -0.4 is 10.1 Å². The lowest BCUT2D eigenvalue weighted by molar-refractivity contribution is 0.0908. The van der Waals surface area contributed by atoms with E-state index in [4.69, 9.17) is 9.72 Å². The predicted octanol–water partition coefficient (Wildman–Crippen LogP) is 4.28. The first-order valence-corrected chi connectivity index (χ1v) is 9.85. The molecule has 1 fully saturated rings. The van der Waals surface area contributed by atoms with Crippen molar-refractivity contribution in [3.63, 3.8) is 0 Å². The lowest BCUT2D eigenvalue weighted by Crippen LogP contribution is -2.41. The van der Waals surface area contributed by atoms with E-state index in [1.54, 1.807) is 25.4 Å². The fraction of sp³-hybridized carbons (Fsp3) is 0.500. The highest BCUT2D eigenvalue weighted by Crippen LogP contribution is 2.37. The number of rotatable bonds is 6. The summed E-state index contributed by atoms with van der Waals surface area (Å²) in [5.74, 6) is 1.52. The molecule has 1 saturated carbocycles. The zero-order chi connectivity index (χ0) is 19.2. The van der Waals surface area contributed by atoms with Gasteiger partial charge < -0.3 is 10.1 Å². The van der Waals surface area contributed by atoms with Crippen molar-refractivity contribution >= 4 is 5.91 Å². The van der Waals surface area contributed by atoms with Gasteiger partial charge in [-0.15, -0.1) is 0 Å². The Hall–Kier alpha value is -2.43. The summed E-state index contributed by atoms with van der Waals surface area (Å²) >= 11 is 0. The minimum Gasteiger partial charge on any atom is -0.481 e. The molecule has 0 aliphatic heterocycles. The van der Waals surface area contributed by atoms with Gasteiger partial charge in [-0.2, -0.15) is 0 Å². The van der Waals surface area contributed by atoms with E-state index in [0.29, 0.717) is 23.3 Å². The third-order valence-corrected chi connectivity index (χ3v) is 5.63. The Morgan fingerprint density at radius 2 is 2.00 bits per heavy atom. The Morgan fingerprint density at radius 3 is 2.59 bits per heavy atom. The van der Waals surface area contributed by atoms with E-state index in [1.165, 1.54) is 5.69 Å². The summed E-state index contributed by atoms with van der Waals surface area (Å²) in [6.45, 7) is 4.19. The second-order valence-electron chi connectivity index (χ2n) is 7.39. The predicted molar refractivity (Wildman–Crippen MR) is 106 cm³/mol. The third kappa shape index (κ3) is 4.85. The fourth-order valence-electron chi connectivity index (χ4n) is 4.05. The Kier molecular flexibility index (Phi) is 6.43. The van der Waals surface area contributed by atoms with E-state index < -0.39 is 0 Å². The van der Waals surface area contributed by atoms with Crippen LogP contribution in [0, 0.1) is 12.8 Å². The van der Waals surface area contributed by atoms with Crippen molar-refractivity contribution in [2.24, 2.45) is 5.92 Å². The first kappa shape index (κ1) is 19.3. The summed E-state index contributed by atoms with van der Waals surface area (Å²) in [6.07, 6.45) is 7.03. The second kappa shape index (κ2) is 8.98. The maximum atomic E-state index is 12.6. The summed E-state index contributed by atoms with van der Waals surface area (Å²) in [5.41, 5.74) is 2.88. The standard InChI is InChI=1S/C22H29N3O2/c1-4-19(25-22(26)18-12-13-21(27-3)23-14-18)16-8-10-17(11-9-16)20-7-5-6-15(2)24-20/h5-7,12-14,16-17,19H,4,8-11H2,1-3H3,(H,25,26)/t16?,17?,19-/m1/s1. The van der Waals surface area contributed by atoms with Gasteiger partial charge in [-0.3, -0.25) is 9.78 Å². The summed E-state index contributed by atoms with van der Waals surface area (Å²) in [6, 6.07) is 9.97. The highest BCUT2D eigenvalue weighted by Gasteiger charge is 2.29. The van der Waals surface area contributed by atoms with Crippen LogP contribution in [0.2, 0.25) is 0 Å². The zero-order valence-electron chi connectivity index (χ0n) is 16.4. The van der Waals surface area contributed by atoms with Gasteiger partial charge in [0.2, 0.25) is 5.88 Å². The molecule has 0 bridgehead atoms. The van der Waals surface area contributed by atoms with E-state index in [-0.39, 0.29) is 11.9 Å². The van der Waals surface area contributed by atoms with Crippen LogP contribution in [0.25, 0.3) is 0 Å². The van der Waals surface area contributed by atoms with Crippen molar-refractivity contribution in [1.82, 2.24) is 15.3 Å². The fourth-order valence-corrected chi connectivity index (χ4v) is 4.05. The smallest absolute Gasteiger partial charge is 0.253 e. The first-order chi connectivity index (χ1) is 13.1. The molecule has 2 aromatic heterocycles. The molecule has 0 aromatic carbocycles. The summed E-state index contributed by atoms with van der Waals surface area (Å²) in [5, 5.41) is 3.22. The van der Waals surface area contributed by atoms with Gasteiger partial charge in [0.15, 0.2) is 0 Å². The maximum Gasteiger partial charge on any atom is 0.253 e. The molecule has 2 aromatic rings. The van der Waals surface area contributed by atoms with Crippen molar-refractivity contribution in [1.29, 1.82) is 0 Å². The molecule has 0 spiro atoms. The average Bonchev–Trinajstić information content (AvgIpc) is 2.72. The monoisotopic (exact) mass is 367 g/mol. The van der Waals surface area contributed by atoms with E-state index in [9.17, 15) is 4.79 Å². The topological polar surface area (TPSA) is 64.1 Å². The van der Waals surface area contributed by atoms with Crippen molar-refractivity contribution in [2.75, 3.05) is 7.11 Å². The molecule has 5 heteroatoms. The molecule has 27 heavy (non-hydrogen) atoms. The van der Waals surface area contributed by atoms with Crippen molar-refractivity contribution in [3.8, 4) is 5.88 Å². The van der Waals surface area contributed by atoms with E-state index in [1.807, 2.05) is 13.0 Å². The normalized spacial score (nSPS) is 20.7. The third-order valence-electron chi connectivity index (χ3n) is 5.63. The number of hydrogen-bond donors (Lipinski definition) is 1. The number of amides is 1. The molecule has 0 radical (unpaired) electrons. The number of aromatic nitrogens is 2. The van der Waals surface area contributed by atoms with E-state index in [0.717, 1.165) is 37.8 Å². The molecule has 1 atom stereocenters. The largest absolute Gasteiger partial charge is 0.481 e. The van der Waals surface area contributed by atoms with Gasteiger partial charge in [-0.25, -0.2) is 4.98 Å². The maximum absolute atomic E-state index is 12.6. The molecule has 1 aliphatic rings. The molecule has 1 amide bonds. The Bertz CT molecular complexity index is 752. The average molecular weight is 367 g/mol. The molecular formula is C22H29N3O2. The quantitative estimate of drug-likeness (QED) is 0.828. The second-order valence-corrected chi connectivity index (χ2v) is 7.39.